The SMILES string of the molecule is CCCCCCc1c(C)c2ccc(OCc3cccc(C(F)(F)F)c3)cc2oc1=O. The Kier molecular flexibility index (Phi) is 6.85. The molecule has 0 radical (unpaired) electrons. The average molecular weight is 418 g/mol. The fourth-order valence-corrected chi connectivity index (χ4v) is 3.49. The van der Waals surface area contributed by atoms with Crippen molar-refractivity contribution in [1.82, 2.24) is 0 Å². The van der Waals surface area contributed by atoms with Gasteiger partial charge in [-0.3, -0.25) is 0 Å². The summed E-state index contributed by atoms with van der Waals surface area (Å²) in [5.74, 6) is 0.429. The number of aryl methyl sites for hydroxylation is 1. The van der Waals surface area contributed by atoms with E-state index in [1.807, 2.05) is 13.0 Å². The van der Waals surface area contributed by atoms with Gasteiger partial charge in [-0.2, -0.15) is 13.2 Å². The van der Waals surface area contributed by atoms with Crippen molar-refractivity contribution in [3.8, 4) is 5.75 Å². The van der Waals surface area contributed by atoms with Gasteiger partial charge in [-0.05, 0) is 55.2 Å². The summed E-state index contributed by atoms with van der Waals surface area (Å²) < 4.78 is 49.7. The molecule has 0 aliphatic rings. The van der Waals surface area contributed by atoms with Crippen molar-refractivity contribution in [3.63, 3.8) is 0 Å². The van der Waals surface area contributed by atoms with Gasteiger partial charge in [0.2, 0.25) is 0 Å². The Morgan fingerprint density at radius 2 is 1.83 bits per heavy atom. The van der Waals surface area contributed by atoms with Crippen molar-refractivity contribution < 1.29 is 22.3 Å². The number of ether oxygens (including phenoxy) is 1. The van der Waals surface area contributed by atoms with Crippen molar-refractivity contribution >= 4 is 11.0 Å². The van der Waals surface area contributed by atoms with Gasteiger partial charge in [0.1, 0.15) is 17.9 Å². The third kappa shape index (κ3) is 5.23. The van der Waals surface area contributed by atoms with E-state index in [0.29, 0.717) is 28.9 Å². The number of hydrogen-bond acceptors (Lipinski definition) is 3. The molecule has 0 saturated heterocycles. The molecular weight excluding hydrogens is 393 g/mol. The number of alkyl halides is 3. The smallest absolute Gasteiger partial charge is 0.416 e. The highest BCUT2D eigenvalue weighted by Gasteiger charge is 2.30. The van der Waals surface area contributed by atoms with Gasteiger partial charge in [-0.25, -0.2) is 4.79 Å². The van der Waals surface area contributed by atoms with E-state index < -0.39 is 11.7 Å². The van der Waals surface area contributed by atoms with E-state index in [-0.39, 0.29) is 12.2 Å². The highest BCUT2D eigenvalue weighted by atomic mass is 19.4. The molecule has 0 amide bonds. The van der Waals surface area contributed by atoms with Gasteiger partial charge in [0.25, 0.3) is 0 Å². The van der Waals surface area contributed by atoms with Crippen LogP contribution in [0.4, 0.5) is 13.2 Å². The lowest BCUT2D eigenvalue weighted by atomic mass is 10.0. The minimum absolute atomic E-state index is 0.0197. The Morgan fingerprint density at radius 3 is 2.57 bits per heavy atom. The molecule has 3 nitrogen and oxygen atoms in total. The highest BCUT2D eigenvalue weighted by Crippen LogP contribution is 2.30. The van der Waals surface area contributed by atoms with Gasteiger partial charge < -0.3 is 9.15 Å². The monoisotopic (exact) mass is 418 g/mol. The molecule has 3 rings (SSSR count). The van der Waals surface area contributed by atoms with Crippen LogP contribution in [0.15, 0.2) is 51.7 Å². The lowest BCUT2D eigenvalue weighted by Gasteiger charge is -2.11. The summed E-state index contributed by atoms with van der Waals surface area (Å²) in [5, 5.41) is 0.839. The highest BCUT2D eigenvalue weighted by molar-refractivity contribution is 5.82. The molecule has 2 aromatic carbocycles. The van der Waals surface area contributed by atoms with E-state index in [1.54, 1.807) is 18.2 Å². The third-order valence-corrected chi connectivity index (χ3v) is 5.20. The van der Waals surface area contributed by atoms with E-state index in [0.717, 1.165) is 48.8 Å². The van der Waals surface area contributed by atoms with E-state index in [9.17, 15) is 18.0 Å². The van der Waals surface area contributed by atoms with Gasteiger partial charge in [-0.1, -0.05) is 38.3 Å². The number of rotatable bonds is 8. The summed E-state index contributed by atoms with van der Waals surface area (Å²) in [7, 11) is 0. The first kappa shape index (κ1) is 21.9. The molecule has 0 fully saturated rings. The third-order valence-electron chi connectivity index (χ3n) is 5.20. The number of halogens is 3. The average Bonchev–Trinajstić information content (AvgIpc) is 2.71. The molecule has 0 aliphatic heterocycles. The molecule has 160 valence electrons. The molecule has 1 heterocycles. The van der Waals surface area contributed by atoms with Crippen LogP contribution in [0, 0.1) is 6.92 Å². The quantitative estimate of drug-likeness (QED) is 0.298. The normalized spacial score (nSPS) is 11.8. The molecule has 0 spiro atoms. The Hall–Kier alpha value is -2.76. The van der Waals surface area contributed by atoms with E-state index in [2.05, 4.69) is 6.92 Å². The van der Waals surface area contributed by atoms with Crippen LogP contribution in [0.1, 0.15) is 54.9 Å². The first-order valence-electron chi connectivity index (χ1n) is 10.1. The van der Waals surface area contributed by atoms with Gasteiger partial charge in [0, 0.05) is 17.0 Å². The van der Waals surface area contributed by atoms with Crippen molar-refractivity contribution in [2.75, 3.05) is 0 Å². The molecule has 30 heavy (non-hydrogen) atoms. The number of benzene rings is 2. The predicted molar refractivity (Wildman–Crippen MR) is 111 cm³/mol. The van der Waals surface area contributed by atoms with Gasteiger partial charge in [0.15, 0.2) is 0 Å². The van der Waals surface area contributed by atoms with Crippen LogP contribution in [0.5, 0.6) is 5.75 Å². The lowest BCUT2D eigenvalue weighted by Crippen LogP contribution is -2.10. The zero-order chi connectivity index (χ0) is 21.7. The summed E-state index contributed by atoms with van der Waals surface area (Å²) in [6, 6.07) is 10.2. The zero-order valence-electron chi connectivity index (χ0n) is 17.1. The minimum Gasteiger partial charge on any atom is -0.489 e. The molecule has 0 N–H and O–H groups in total. The van der Waals surface area contributed by atoms with Crippen LogP contribution in [-0.2, 0) is 19.2 Å². The van der Waals surface area contributed by atoms with Crippen molar-refractivity contribution in [2.45, 2.75) is 58.7 Å². The predicted octanol–water partition coefficient (Wildman–Crippen LogP) is 6.82. The second-order valence-electron chi connectivity index (χ2n) is 7.45. The fraction of sp³-hybridized carbons (Fsp3) is 0.375. The van der Waals surface area contributed by atoms with Gasteiger partial charge in [0.05, 0.1) is 5.56 Å². The summed E-state index contributed by atoms with van der Waals surface area (Å²) in [4.78, 5) is 12.4. The molecule has 0 aliphatic carbocycles. The standard InChI is InChI=1S/C24H25F3O3/c1-3-4-5-6-10-21-16(2)20-12-11-19(14-22(20)30-23(21)28)29-15-17-8-7-9-18(13-17)24(25,26)27/h7-9,11-14H,3-6,10,15H2,1-2H3. The molecule has 3 aromatic rings. The molecule has 0 saturated carbocycles. The van der Waals surface area contributed by atoms with Crippen molar-refractivity contribution in [3.05, 3.63) is 75.1 Å². The van der Waals surface area contributed by atoms with Gasteiger partial charge >= 0.3 is 11.8 Å². The second-order valence-corrected chi connectivity index (χ2v) is 7.45. The zero-order valence-corrected chi connectivity index (χ0v) is 17.1. The lowest BCUT2D eigenvalue weighted by molar-refractivity contribution is -0.137. The van der Waals surface area contributed by atoms with Crippen LogP contribution in [-0.4, -0.2) is 0 Å². The molecule has 1 aromatic heterocycles. The maximum absolute atomic E-state index is 12.8. The summed E-state index contributed by atoms with van der Waals surface area (Å²) >= 11 is 0. The van der Waals surface area contributed by atoms with Crippen molar-refractivity contribution in [2.24, 2.45) is 0 Å². The van der Waals surface area contributed by atoms with Crippen LogP contribution in [0.2, 0.25) is 0 Å². The molecule has 6 heteroatoms. The Labute approximate surface area is 173 Å². The summed E-state index contributed by atoms with van der Waals surface area (Å²) in [6.45, 7) is 4.04. The first-order chi connectivity index (χ1) is 14.3. The Morgan fingerprint density at radius 1 is 1.03 bits per heavy atom. The van der Waals surface area contributed by atoms with E-state index in [1.165, 1.54) is 6.07 Å². The molecule has 0 unspecified atom stereocenters. The first-order valence-corrected chi connectivity index (χ1v) is 10.1. The topological polar surface area (TPSA) is 39.4 Å². The maximum Gasteiger partial charge on any atom is 0.416 e. The van der Waals surface area contributed by atoms with E-state index >= 15 is 0 Å². The van der Waals surface area contributed by atoms with Crippen LogP contribution in [0.25, 0.3) is 11.0 Å². The number of unbranched alkanes of at least 4 members (excludes halogenated alkanes) is 3. The fourth-order valence-electron chi connectivity index (χ4n) is 3.49. The minimum atomic E-state index is -4.39. The van der Waals surface area contributed by atoms with Crippen LogP contribution in [0.3, 0.4) is 0 Å². The Balaban J connectivity index is 1.77. The number of fused-ring (bicyclic) bond motifs is 1. The maximum atomic E-state index is 12.8. The largest absolute Gasteiger partial charge is 0.489 e. The molecule has 0 bridgehead atoms. The summed E-state index contributed by atoms with van der Waals surface area (Å²) in [6.07, 6.45) is 0.601. The van der Waals surface area contributed by atoms with Gasteiger partial charge in [-0.15, -0.1) is 0 Å². The molecular formula is C24H25F3O3. The van der Waals surface area contributed by atoms with Crippen molar-refractivity contribution in [1.29, 1.82) is 0 Å². The Bertz CT molecular complexity index is 1070. The van der Waals surface area contributed by atoms with Crippen LogP contribution >= 0.6 is 0 Å². The van der Waals surface area contributed by atoms with Crippen LogP contribution < -0.4 is 10.4 Å². The number of hydrogen-bond donors (Lipinski definition) is 0. The van der Waals surface area contributed by atoms with E-state index in [4.69, 9.17) is 9.15 Å². The molecule has 0 atom stereocenters. The second kappa shape index (κ2) is 9.37. The summed E-state index contributed by atoms with van der Waals surface area (Å²) in [5.41, 5.74) is 1.38.